The Kier molecular flexibility index (Phi) is 6.10. The summed E-state index contributed by atoms with van der Waals surface area (Å²) in [5.74, 6) is 0.0991. The molecule has 0 fully saturated rings. The number of nitrogens with one attached hydrogen (secondary N) is 2. The van der Waals surface area contributed by atoms with Gasteiger partial charge in [0, 0.05) is 0 Å². The van der Waals surface area contributed by atoms with E-state index in [1.165, 1.54) is 7.11 Å². The molecule has 0 aliphatic rings. The van der Waals surface area contributed by atoms with Gasteiger partial charge in [-0.3, -0.25) is 9.89 Å². The molecule has 1 aromatic heterocycles. The third kappa shape index (κ3) is 4.34. The zero-order chi connectivity index (χ0) is 21.6. The second-order valence-corrected chi connectivity index (χ2v) is 7.04. The standard InChI is InChI=1S/C25H23N3O3/c1-31-24-19(25(30)26-22(16-29)18-10-6-3-7-11-18)13-15-21-23(24)20(27-28-21)14-12-17-8-4-2-5-9-17/h2-15,22,29H,16H2,1H3,(H,26,30)(H,27,28)/b14-12+/t22-/m1/s1. The molecule has 4 rings (SSSR count). The van der Waals surface area contributed by atoms with E-state index in [0.717, 1.165) is 22.0 Å². The van der Waals surface area contributed by atoms with Gasteiger partial charge in [-0.15, -0.1) is 0 Å². The van der Waals surface area contributed by atoms with E-state index in [4.69, 9.17) is 4.74 Å². The van der Waals surface area contributed by atoms with Gasteiger partial charge in [-0.05, 0) is 29.3 Å². The maximum Gasteiger partial charge on any atom is 0.255 e. The molecule has 0 saturated carbocycles. The van der Waals surface area contributed by atoms with Crippen molar-refractivity contribution < 1.29 is 14.6 Å². The van der Waals surface area contributed by atoms with E-state index in [1.54, 1.807) is 12.1 Å². The van der Waals surface area contributed by atoms with Crippen LogP contribution in [0.5, 0.6) is 5.75 Å². The molecule has 1 atom stereocenters. The topological polar surface area (TPSA) is 87.2 Å². The van der Waals surface area contributed by atoms with Gasteiger partial charge in [0.2, 0.25) is 0 Å². The lowest BCUT2D eigenvalue weighted by Gasteiger charge is -2.18. The minimum atomic E-state index is -0.518. The Morgan fingerprint density at radius 1 is 1.06 bits per heavy atom. The molecule has 0 bridgehead atoms. The fourth-order valence-corrected chi connectivity index (χ4v) is 3.51. The van der Waals surface area contributed by atoms with Crippen LogP contribution in [0.25, 0.3) is 23.1 Å². The molecule has 4 aromatic rings. The summed E-state index contributed by atoms with van der Waals surface area (Å²) < 4.78 is 5.63. The largest absolute Gasteiger partial charge is 0.495 e. The molecule has 3 aromatic carbocycles. The number of nitrogens with zero attached hydrogens (tertiary/aromatic N) is 1. The van der Waals surface area contributed by atoms with Gasteiger partial charge in [0.05, 0.1) is 41.9 Å². The SMILES string of the molecule is COc1c(C(=O)N[C@H](CO)c2ccccc2)ccc2[nH]nc(/C=C/c3ccccc3)c12. The van der Waals surface area contributed by atoms with Crippen molar-refractivity contribution in [1.29, 1.82) is 0 Å². The molecular formula is C25H23N3O3. The molecule has 1 heterocycles. The lowest BCUT2D eigenvalue weighted by molar-refractivity contribution is 0.0913. The van der Waals surface area contributed by atoms with Crippen LogP contribution in [0.15, 0.2) is 72.8 Å². The normalized spacial score (nSPS) is 12.2. The average molecular weight is 413 g/mol. The fraction of sp³-hybridized carbons (Fsp3) is 0.120. The van der Waals surface area contributed by atoms with Crippen LogP contribution in [0.2, 0.25) is 0 Å². The van der Waals surface area contributed by atoms with Gasteiger partial charge >= 0.3 is 0 Å². The van der Waals surface area contributed by atoms with E-state index in [1.807, 2.05) is 72.8 Å². The van der Waals surface area contributed by atoms with Crippen LogP contribution in [0, 0.1) is 0 Å². The number of H-pyrrole nitrogens is 1. The second-order valence-electron chi connectivity index (χ2n) is 7.04. The maximum atomic E-state index is 13.1. The molecule has 31 heavy (non-hydrogen) atoms. The highest BCUT2D eigenvalue weighted by Gasteiger charge is 2.21. The van der Waals surface area contributed by atoms with E-state index in [2.05, 4.69) is 15.5 Å². The van der Waals surface area contributed by atoms with E-state index in [-0.39, 0.29) is 12.5 Å². The predicted molar refractivity (Wildman–Crippen MR) is 122 cm³/mol. The minimum Gasteiger partial charge on any atom is -0.495 e. The number of hydrogen-bond donors (Lipinski definition) is 3. The van der Waals surface area contributed by atoms with E-state index in [0.29, 0.717) is 17.0 Å². The van der Waals surface area contributed by atoms with Gasteiger partial charge in [0.25, 0.3) is 5.91 Å². The van der Waals surface area contributed by atoms with Crippen molar-refractivity contribution in [2.45, 2.75) is 6.04 Å². The number of rotatable bonds is 7. The summed E-state index contributed by atoms with van der Waals surface area (Å²) in [7, 11) is 1.53. The lowest BCUT2D eigenvalue weighted by Crippen LogP contribution is -2.31. The van der Waals surface area contributed by atoms with Crippen LogP contribution in [-0.4, -0.2) is 34.9 Å². The number of benzene rings is 3. The molecule has 0 radical (unpaired) electrons. The van der Waals surface area contributed by atoms with Gasteiger partial charge in [-0.2, -0.15) is 5.10 Å². The third-order valence-electron chi connectivity index (χ3n) is 5.08. The summed E-state index contributed by atoms with van der Waals surface area (Å²) in [5, 5.41) is 20.8. The Labute approximate surface area is 180 Å². The minimum absolute atomic E-state index is 0.211. The van der Waals surface area contributed by atoms with Crippen LogP contribution in [0.1, 0.15) is 33.2 Å². The van der Waals surface area contributed by atoms with Crippen LogP contribution >= 0.6 is 0 Å². The average Bonchev–Trinajstić information content (AvgIpc) is 3.25. The Bertz CT molecular complexity index is 1200. The summed E-state index contributed by atoms with van der Waals surface area (Å²) in [4.78, 5) is 13.1. The maximum absolute atomic E-state index is 13.1. The number of carbonyl (C=O) groups is 1. The summed E-state index contributed by atoms with van der Waals surface area (Å²) in [6.45, 7) is -0.211. The first-order valence-corrected chi connectivity index (χ1v) is 9.96. The molecule has 3 N–H and O–H groups in total. The highest BCUT2D eigenvalue weighted by atomic mass is 16.5. The number of amides is 1. The zero-order valence-electron chi connectivity index (χ0n) is 17.1. The number of aromatic amines is 1. The number of hydrogen-bond acceptors (Lipinski definition) is 4. The highest BCUT2D eigenvalue weighted by molar-refractivity contribution is 6.05. The smallest absolute Gasteiger partial charge is 0.255 e. The fourth-order valence-electron chi connectivity index (χ4n) is 3.51. The van der Waals surface area contributed by atoms with Crippen LogP contribution in [0.3, 0.4) is 0 Å². The third-order valence-corrected chi connectivity index (χ3v) is 5.08. The Balaban J connectivity index is 1.68. The number of aliphatic hydroxyl groups excluding tert-OH is 1. The molecule has 1 amide bonds. The van der Waals surface area contributed by atoms with E-state index in [9.17, 15) is 9.90 Å². The zero-order valence-corrected chi connectivity index (χ0v) is 17.1. The van der Waals surface area contributed by atoms with Crippen molar-refractivity contribution in [1.82, 2.24) is 15.5 Å². The number of aromatic nitrogens is 2. The van der Waals surface area contributed by atoms with Gasteiger partial charge < -0.3 is 15.2 Å². The number of fused-ring (bicyclic) bond motifs is 1. The quantitative estimate of drug-likeness (QED) is 0.424. The first-order chi connectivity index (χ1) is 15.2. The van der Waals surface area contributed by atoms with Gasteiger partial charge in [-0.25, -0.2) is 0 Å². The summed E-state index contributed by atoms with van der Waals surface area (Å²) >= 11 is 0. The molecule has 0 aliphatic carbocycles. The summed E-state index contributed by atoms with van der Waals surface area (Å²) in [6.07, 6.45) is 3.85. The molecule has 0 aliphatic heterocycles. The molecule has 6 nitrogen and oxygen atoms in total. The Morgan fingerprint density at radius 2 is 1.77 bits per heavy atom. The van der Waals surface area contributed by atoms with Crippen molar-refractivity contribution in [3.63, 3.8) is 0 Å². The predicted octanol–water partition coefficient (Wildman–Crippen LogP) is 4.21. The van der Waals surface area contributed by atoms with Crippen molar-refractivity contribution in [3.05, 3.63) is 95.2 Å². The van der Waals surface area contributed by atoms with E-state index >= 15 is 0 Å². The van der Waals surface area contributed by atoms with Crippen molar-refractivity contribution >= 4 is 29.0 Å². The van der Waals surface area contributed by atoms with Crippen molar-refractivity contribution in [3.8, 4) is 5.75 Å². The van der Waals surface area contributed by atoms with E-state index < -0.39 is 6.04 Å². The second kappa shape index (κ2) is 9.28. The molecule has 0 unspecified atom stereocenters. The monoisotopic (exact) mass is 413 g/mol. The number of aliphatic hydroxyl groups is 1. The summed E-state index contributed by atoms with van der Waals surface area (Å²) in [6, 6.07) is 22.2. The first-order valence-electron chi connectivity index (χ1n) is 9.96. The van der Waals surface area contributed by atoms with Gasteiger partial charge in [0.15, 0.2) is 0 Å². The van der Waals surface area contributed by atoms with Gasteiger partial charge in [-0.1, -0.05) is 66.7 Å². The van der Waals surface area contributed by atoms with Gasteiger partial charge in [0.1, 0.15) is 5.75 Å². The van der Waals surface area contributed by atoms with Crippen molar-refractivity contribution in [2.75, 3.05) is 13.7 Å². The number of methoxy groups -OCH3 is 1. The number of carbonyl (C=O) groups excluding carboxylic acids is 1. The number of ether oxygens (including phenoxy) is 1. The Hall–Kier alpha value is -3.90. The highest BCUT2D eigenvalue weighted by Crippen LogP contribution is 2.32. The lowest BCUT2D eigenvalue weighted by atomic mass is 10.0. The van der Waals surface area contributed by atoms with Crippen LogP contribution in [0.4, 0.5) is 0 Å². The van der Waals surface area contributed by atoms with Crippen LogP contribution < -0.4 is 10.1 Å². The Morgan fingerprint density at radius 3 is 2.45 bits per heavy atom. The van der Waals surface area contributed by atoms with Crippen LogP contribution in [-0.2, 0) is 0 Å². The molecular weight excluding hydrogens is 390 g/mol. The van der Waals surface area contributed by atoms with Crippen molar-refractivity contribution in [2.24, 2.45) is 0 Å². The first kappa shape index (κ1) is 20.4. The molecule has 0 spiro atoms. The molecule has 0 saturated heterocycles. The molecule has 156 valence electrons. The summed E-state index contributed by atoms with van der Waals surface area (Å²) in [5.41, 5.74) is 3.68. The molecule has 6 heteroatoms.